The summed E-state index contributed by atoms with van der Waals surface area (Å²) in [5.41, 5.74) is 0.324. The maximum absolute atomic E-state index is 4.09. The Labute approximate surface area is 79.6 Å². The van der Waals surface area contributed by atoms with Gasteiger partial charge in [0.25, 0.3) is 0 Å². The van der Waals surface area contributed by atoms with E-state index in [1.807, 2.05) is 6.07 Å². The fourth-order valence-electron chi connectivity index (χ4n) is 0.850. The second kappa shape index (κ2) is 4.21. The van der Waals surface area contributed by atoms with Crippen LogP contribution in [0, 0.1) is 5.41 Å². The molecule has 0 radical (unpaired) electrons. The van der Waals surface area contributed by atoms with E-state index < -0.39 is 0 Å². The predicted molar refractivity (Wildman–Crippen MR) is 54.6 cm³/mol. The maximum atomic E-state index is 4.09. The molecule has 0 saturated carbocycles. The maximum Gasteiger partial charge on any atom is 0.129 e. The highest BCUT2D eigenvalue weighted by Crippen LogP contribution is 2.19. The molecule has 1 aromatic heterocycles. The Bertz CT molecular complexity index is 244. The molecule has 0 aliphatic heterocycles. The van der Waals surface area contributed by atoms with Crippen LogP contribution in [0.5, 0.6) is 0 Å². The summed E-state index contributed by atoms with van der Waals surface area (Å²) in [7, 11) is 0. The molecule has 0 aromatic carbocycles. The highest BCUT2D eigenvalue weighted by atomic mass is 15.0. The van der Waals surface area contributed by atoms with E-state index in [-0.39, 0.29) is 0 Å². The van der Waals surface area contributed by atoms with Gasteiger partial charge in [0.1, 0.15) is 12.1 Å². The molecule has 0 fully saturated rings. The van der Waals surface area contributed by atoms with E-state index in [2.05, 4.69) is 36.1 Å². The Morgan fingerprint density at radius 2 is 2.23 bits per heavy atom. The smallest absolute Gasteiger partial charge is 0.129 e. The van der Waals surface area contributed by atoms with Crippen molar-refractivity contribution in [2.24, 2.45) is 5.41 Å². The van der Waals surface area contributed by atoms with Gasteiger partial charge in [-0.25, -0.2) is 9.97 Å². The van der Waals surface area contributed by atoms with Gasteiger partial charge in [-0.1, -0.05) is 20.8 Å². The molecule has 0 unspecified atom stereocenters. The Kier molecular flexibility index (Phi) is 3.23. The van der Waals surface area contributed by atoms with Gasteiger partial charge >= 0.3 is 0 Å². The van der Waals surface area contributed by atoms with E-state index in [0.717, 1.165) is 18.8 Å². The molecule has 1 N–H and O–H groups in total. The topological polar surface area (TPSA) is 37.8 Å². The minimum Gasteiger partial charge on any atom is -0.369 e. The Morgan fingerprint density at radius 1 is 1.46 bits per heavy atom. The van der Waals surface area contributed by atoms with Gasteiger partial charge in [0.15, 0.2) is 0 Å². The summed E-state index contributed by atoms with van der Waals surface area (Å²) in [4.78, 5) is 7.95. The van der Waals surface area contributed by atoms with Crippen molar-refractivity contribution in [3.8, 4) is 0 Å². The highest BCUT2D eigenvalue weighted by molar-refractivity contribution is 5.31. The van der Waals surface area contributed by atoms with Crippen molar-refractivity contribution in [2.75, 3.05) is 11.9 Å². The summed E-state index contributed by atoms with van der Waals surface area (Å²) >= 11 is 0. The van der Waals surface area contributed by atoms with Crippen LogP contribution in [0.2, 0.25) is 0 Å². The fourth-order valence-corrected chi connectivity index (χ4v) is 0.850. The summed E-state index contributed by atoms with van der Waals surface area (Å²) in [6.45, 7) is 7.62. The molecule has 0 aliphatic rings. The minimum atomic E-state index is 0.324. The van der Waals surface area contributed by atoms with Crippen LogP contribution in [-0.2, 0) is 0 Å². The molecule has 0 atom stereocenters. The predicted octanol–water partition coefficient (Wildman–Crippen LogP) is 2.32. The zero-order valence-corrected chi connectivity index (χ0v) is 8.54. The lowest BCUT2D eigenvalue weighted by atomic mass is 9.90. The van der Waals surface area contributed by atoms with E-state index in [9.17, 15) is 0 Å². The lowest BCUT2D eigenvalue weighted by molar-refractivity contribution is 0.376. The largest absolute Gasteiger partial charge is 0.369 e. The Hall–Kier alpha value is -1.12. The number of nitrogens with one attached hydrogen (secondary N) is 1. The van der Waals surface area contributed by atoms with Crippen molar-refractivity contribution >= 4 is 5.82 Å². The molecule has 0 spiro atoms. The molecule has 3 nitrogen and oxygen atoms in total. The molecule has 0 bridgehead atoms. The average molecular weight is 179 g/mol. The van der Waals surface area contributed by atoms with Crippen molar-refractivity contribution in [1.29, 1.82) is 0 Å². The van der Waals surface area contributed by atoms with E-state index >= 15 is 0 Å². The monoisotopic (exact) mass is 179 g/mol. The lowest BCUT2D eigenvalue weighted by Gasteiger charge is -2.22. The molecule has 13 heavy (non-hydrogen) atoms. The number of hydrogen-bond donors (Lipinski definition) is 1. The number of hydrogen-bond acceptors (Lipinski definition) is 3. The van der Waals surface area contributed by atoms with Crippen molar-refractivity contribution in [1.82, 2.24) is 9.97 Å². The van der Waals surface area contributed by atoms with Crippen LogP contribution in [0.25, 0.3) is 0 Å². The van der Waals surface area contributed by atoms with Crippen LogP contribution in [0.15, 0.2) is 18.6 Å². The molecular weight excluding hydrogens is 162 g/mol. The van der Waals surface area contributed by atoms with Crippen LogP contribution in [0.4, 0.5) is 5.82 Å². The SMILES string of the molecule is CCC(C)(C)CNc1ccncn1. The first-order valence-electron chi connectivity index (χ1n) is 4.64. The van der Waals surface area contributed by atoms with Gasteiger partial charge in [-0.2, -0.15) is 0 Å². The summed E-state index contributed by atoms with van der Waals surface area (Å²) < 4.78 is 0. The zero-order chi connectivity index (χ0) is 9.73. The van der Waals surface area contributed by atoms with Gasteiger partial charge in [0.2, 0.25) is 0 Å². The van der Waals surface area contributed by atoms with Gasteiger partial charge in [-0.05, 0) is 17.9 Å². The number of nitrogens with zero attached hydrogens (tertiary/aromatic N) is 2. The van der Waals surface area contributed by atoms with Gasteiger partial charge in [-0.15, -0.1) is 0 Å². The van der Waals surface area contributed by atoms with Gasteiger partial charge in [0, 0.05) is 12.7 Å². The van der Waals surface area contributed by atoms with Gasteiger partial charge in [-0.3, -0.25) is 0 Å². The van der Waals surface area contributed by atoms with E-state index in [1.54, 1.807) is 12.5 Å². The van der Waals surface area contributed by atoms with Crippen molar-refractivity contribution in [3.05, 3.63) is 18.6 Å². The third kappa shape index (κ3) is 3.40. The summed E-state index contributed by atoms with van der Waals surface area (Å²) in [6.07, 6.45) is 4.46. The molecule has 0 amide bonds. The molecule has 3 heteroatoms. The molecule has 0 aliphatic carbocycles. The van der Waals surface area contributed by atoms with Crippen molar-refractivity contribution in [2.45, 2.75) is 27.2 Å². The average Bonchev–Trinajstić information content (AvgIpc) is 2.17. The quantitative estimate of drug-likeness (QED) is 0.770. The van der Waals surface area contributed by atoms with Crippen LogP contribution < -0.4 is 5.32 Å². The van der Waals surface area contributed by atoms with Crippen LogP contribution in [0.3, 0.4) is 0 Å². The van der Waals surface area contributed by atoms with E-state index in [0.29, 0.717) is 5.41 Å². The summed E-state index contributed by atoms with van der Waals surface area (Å²) in [5, 5.41) is 3.28. The van der Waals surface area contributed by atoms with Gasteiger partial charge < -0.3 is 5.32 Å². The first-order chi connectivity index (χ1) is 6.14. The minimum absolute atomic E-state index is 0.324. The number of anilines is 1. The van der Waals surface area contributed by atoms with Crippen molar-refractivity contribution in [3.63, 3.8) is 0 Å². The summed E-state index contributed by atoms with van der Waals surface area (Å²) in [5.74, 6) is 0.900. The van der Waals surface area contributed by atoms with Crippen LogP contribution in [0.1, 0.15) is 27.2 Å². The number of rotatable bonds is 4. The molecule has 0 saturated heterocycles. The third-order valence-corrected chi connectivity index (χ3v) is 2.29. The normalized spacial score (nSPS) is 11.3. The zero-order valence-electron chi connectivity index (χ0n) is 8.54. The van der Waals surface area contributed by atoms with Crippen LogP contribution >= 0.6 is 0 Å². The standard InChI is InChI=1S/C10H17N3/c1-4-10(2,3)7-12-9-5-6-11-8-13-9/h5-6,8H,4,7H2,1-3H3,(H,11,12,13). The molecular formula is C10H17N3. The number of aromatic nitrogens is 2. The second-order valence-electron chi connectivity index (χ2n) is 3.97. The van der Waals surface area contributed by atoms with E-state index in [1.165, 1.54) is 0 Å². The fraction of sp³-hybridized carbons (Fsp3) is 0.600. The first kappa shape index (κ1) is 9.96. The molecule has 1 aromatic rings. The first-order valence-corrected chi connectivity index (χ1v) is 4.64. The second-order valence-corrected chi connectivity index (χ2v) is 3.97. The Morgan fingerprint density at radius 3 is 2.77 bits per heavy atom. The lowest BCUT2D eigenvalue weighted by Crippen LogP contribution is -2.22. The van der Waals surface area contributed by atoms with Gasteiger partial charge in [0.05, 0.1) is 0 Å². The third-order valence-electron chi connectivity index (χ3n) is 2.29. The Balaban J connectivity index is 2.44. The summed E-state index contributed by atoms with van der Waals surface area (Å²) in [6, 6.07) is 1.88. The van der Waals surface area contributed by atoms with Crippen LogP contribution in [-0.4, -0.2) is 16.5 Å². The molecule has 1 rings (SSSR count). The molecule has 1 heterocycles. The van der Waals surface area contributed by atoms with Crippen molar-refractivity contribution < 1.29 is 0 Å². The highest BCUT2D eigenvalue weighted by Gasteiger charge is 2.14. The molecule has 72 valence electrons. The van der Waals surface area contributed by atoms with E-state index in [4.69, 9.17) is 0 Å².